The van der Waals surface area contributed by atoms with Gasteiger partial charge in [0.25, 0.3) is 0 Å². The zero-order chi connectivity index (χ0) is 14.8. The number of halogens is 4. The van der Waals surface area contributed by atoms with E-state index in [-0.39, 0.29) is 11.9 Å². The average molecular weight is 291 g/mol. The van der Waals surface area contributed by atoms with Crippen molar-refractivity contribution in [1.82, 2.24) is 10.3 Å². The molecule has 0 aliphatic carbocycles. The molecule has 0 spiro atoms. The first-order chi connectivity index (χ1) is 9.41. The summed E-state index contributed by atoms with van der Waals surface area (Å²) in [6, 6.07) is 0.733. The van der Waals surface area contributed by atoms with Gasteiger partial charge in [0, 0.05) is 31.9 Å². The minimum Gasteiger partial charge on any atom is -0.351 e. The molecule has 0 aromatic carbocycles. The predicted molar refractivity (Wildman–Crippen MR) is 68.1 cm³/mol. The number of nitrogens with zero attached hydrogens (tertiary/aromatic N) is 2. The van der Waals surface area contributed by atoms with Crippen LogP contribution in [0.15, 0.2) is 12.3 Å². The lowest BCUT2D eigenvalue weighted by molar-refractivity contribution is -0.138. The Morgan fingerprint density at radius 1 is 1.45 bits per heavy atom. The summed E-state index contributed by atoms with van der Waals surface area (Å²) < 4.78 is 51.3. The quantitative estimate of drug-likeness (QED) is 0.868. The highest BCUT2D eigenvalue weighted by Crippen LogP contribution is 2.31. The molecule has 2 rings (SSSR count). The first-order valence-electron chi connectivity index (χ1n) is 6.63. The van der Waals surface area contributed by atoms with E-state index < -0.39 is 17.6 Å². The van der Waals surface area contributed by atoms with E-state index in [2.05, 4.69) is 17.2 Å². The fourth-order valence-corrected chi connectivity index (χ4v) is 2.38. The Hall–Kier alpha value is -1.37. The molecular formula is C13H17F4N3. The van der Waals surface area contributed by atoms with E-state index in [4.69, 9.17) is 0 Å². The van der Waals surface area contributed by atoms with Gasteiger partial charge in [0.05, 0.1) is 5.56 Å². The van der Waals surface area contributed by atoms with Crippen LogP contribution in [0.1, 0.15) is 25.3 Å². The lowest BCUT2D eigenvalue weighted by Gasteiger charge is -2.34. The summed E-state index contributed by atoms with van der Waals surface area (Å²) in [5.74, 6) is -0.919. The van der Waals surface area contributed by atoms with Crippen LogP contribution < -0.4 is 10.2 Å². The van der Waals surface area contributed by atoms with Crippen molar-refractivity contribution in [3.05, 3.63) is 23.6 Å². The lowest BCUT2D eigenvalue weighted by atomic mass is 10.1. The van der Waals surface area contributed by atoms with Crippen LogP contribution >= 0.6 is 0 Å². The summed E-state index contributed by atoms with van der Waals surface area (Å²) in [5.41, 5.74) is -1.06. The monoisotopic (exact) mass is 291 g/mol. The van der Waals surface area contributed by atoms with Crippen molar-refractivity contribution in [3.8, 4) is 0 Å². The van der Waals surface area contributed by atoms with Crippen molar-refractivity contribution in [3.63, 3.8) is 0 Å². The van der Waals surface area contributed by atoms with Gasteiger partial charge in [0.2, 0.25) is 0 Å². The molecule has 1 fully saturated rings. The number of hydrogen-bond acceptors (Lipinski definition) is 3. The average Bonchev–Trinajstić information content (AvgIpc) is 2.38. The molecule has 1 saturated heterocycles. The van der Waals surface area contributed by atoms with Crippen molar-refractivity contribution in [2.24, 2.45) is 0 Å². The van der Waals surface area contributed by atoms with Gasteiger partial charge in [-0.25, -0.2) is 9.37 Å². The van der Waals surface area contributed by atoms with Gasteiger partial charge >= 0.3 is 6.18 Å². The van der Waals surface area contributed by atoms with E-state index >= 15 is 0 Å². The molecule has 1 atom stereocenters. The minimum atomic E-state index is -4.57. The number of aromatic nitrogens is 1. The fourth-order valence-electron chi connectivity index (χ4n) is 2.38. The van der Waals surface area contributed by atoms with Crippen LogP contribution in [-0.2, 0) is 6.18 Å². The molecule has 7 heteroatoms. The van der Waals surface area contributed by atoms with Crippen LogP contribution in [0.5, 0.6) is 0 Å². The predicted octanol–water partition coefficient (Wildman–Crippen LogP) is 2.82. The summed E-state index contributed by atoms with van der Waals surface area (Å²) in [7, 11) is 0. The van der Waals surface area contributed by atoms with E-state index in [1.807, 2.05) is 0 Å². The molecule has 2 heterocycles. The second kappa shape index (κ2) is 5.95. The van der Waals surface area contributed by atoms with Gasteiger partial charge in [-0.3, -0.25) is 0 Å². The number of hydrogen-bond donors (Lipinski definition) is 1. The summed E-state index contributed by atoms with van der Waals surface area (Å²) in [6.07, 6.45) is -1.94. The Morgan fingerprint density at radius 3 is 2.80 bits per heavy atom. The van der Waals surface area contributed by atoms with Crippen LogP contribution in [0.3, 0.4) is 0 Å². The molecule has 0 unspecified atom stereocenters. The summed E-state index contributed by atoms with van der Waals surface area (Å²) >= 11 is 0. The lowest BCUT2D eigenvalue weighted by Crippen LogP contribution is -2.51. The van der Waals surface area contributed by atoms with Crippen molar-refractivity contribution in [1.29, 1.82) is 0 Å². The van der Waals surface area contributed by atoms with Crippen LogP contribution in [0, 0.1) is 5.82 Å². The maximum atomic E-state index is 13.9. The third-order valence-corrected chi connectivity index (χ3v) is 3.34. The third-order valence-electron chi connectivity index (χ3n) is 3.34. The van der Waals surface area contributed by atoms with Gasteiger partial charge in [0.1, 0.15) is 0 Å². The van der Waals surface area contributed by atoms with Gasteiger partial charge in [0.15, 0.2) is 11.6 Å². The third kappa shape index (κ3) is 3.39. The van der Waals surface area contributed by atoms with E-state index in [1.165, 1.54) is 0 Å². The molecule has 1 aliphatic heterocycles. The van der Waals surface area contributed by atoms with Gasteiger partial charge in [-0.05, 0) is 12.5 Å². The first-order valence-corrected chi connectivity index (χ1v) is 6.63. The topological polar surface area (TPSA) is 28.2 Å². The summed E-state index contributed by atoms with van der Waals surface area (Å²) in [4.78, 5) is 5.37. The van der Waals surface area contributed by atoms with Gasteiger partial charge < -0.3 is 10.2 Å². The molecule has 1 N–H and O–H groups in total. The molecule has 0 bridgehead atoms. The molecule has 1 aliphatic rings. The number of anilines is 1. The highest BCUT2D eigenvalue weighted by Gasteiger charge is 2.32. The molecule has 0 amide bonds. The number of alkyl halides is 3. The number of piperazine rings is 1. The normalized spacial score (nSPS) is 20.2. The Kier molecular flexibility index (Phi) is 4.47. The van der Waals surface area contributed by atoms with E-state index in [1.54, 1.807) is 4.90 Å². The number of nitrogens with one attached hydrogen (secondary N) is 1. The Labute approximate surface area is 115 Å². The Balaban J connectivity index is 2.16. The van der Waals surface area contributed by atoms with E-state index in [0.29, 0.717) is 31.9 Å². The zero-order valence-corrected chi connectivity index (χ0v) is 11.2. The Bertz CT molecular complexity index is 459. The summed E-state index contributed by atoms with van der Waals surface area (Å²) in [6.45, 7) is 3.82. The molecule has 0 radical (unpaired) electrons. The van der Waals surface area contributed by atoms with Gasteiger partial charge in [-0.2, -0.15) is 13.2 Å². The maximum Gasteiger partial charge on any atom is 0.417 e. The van der Waals surface area contributed by atoms with Crippen LogP contribution in [0.2, 0.25) is 0 Å². The van der Waals surface area contributed by atoms with Crippen molar-refractivity contribution in [2.45, 2.75) is 32.0 Å². The van der Waals surface area contributed by atoms with Crippen LogP contribution in [-0.4, -0.2) is 30.7 Å². The van der Waals surface area contributed by atoms with E-state index in [9.17, 15) is 17.6 Å². The second-order valence-corrected chi connectivity index (χ2v) is 4.91. The van der Waals surface area contributed by atoms with Gasteiger partial charge in [-0.1, -0.05) is 13.3 Å². The smallest absolute Gasteiger partial charge is 0.351 e. The SMILES string of the molecule is CCC[C@H]1CN(c2ncc(C(F)(F)F)cc2F)CCN1. The standard InChI is InChI=1S/C13H17F4N3/c1-2-3-10-8-20(5-4-18-10)12-11(14)6-9(7-19-12)13(15,16)17/h6-7,10,18H,2-5,8H2,1H3/t10-/m0/s1. The first kappa shape index (κ1) is 15.0. The van der Waals surface area contributed by atoms with Crippen LogP contribution in [0.25, 0.3) is 0 Å². The highest BCUT2D eigenvalue weighted by atomic mass is 19.4. The zero-order valence-electron chi connectivity index (χ0n) is 11.2. The molecule has 3 nitrogen and oxygen atoms in total. The minimum absolute atomic E-state index is 0.000558. The fraction of sp³-hybridized carbons (Fsp3) is 0.615. The van der Waals surface area contributed by atoms with Crippen LogP contribution in [0.4, 0.5) is 23.4 Å². The molecule has 0 saturated carbocycles. The molecule has 1 aromatic rings. The Morgan fingerprint density at radius 2 is 2.20 bits per heavy atom. The highest BCUT2D eigenvalue weighted by molar-refractivity contribution is 5.42. The van der Waals surface area contributed by atoms with Crippen molar-refractivity contribution < 1.29 is 17.6 Å². The van der Waals surface area contributed by atoms with E-state index in [0.717, 1.165) is 12.8 Å². The summed E-state index contributed by atoms with van der Waals surface area (Å²) in [5, 5.41) is 3.30. The molecular weight excluding hydrogens is 274 g/mol. The molecule has 112 valence electrons. The number of pyridine rings is 1. The van der Waals surface area contributed by atoms with Gasteiger partial charge in [-0.15, -0.1) is 0 Å². The molecule has 1 aromatic heterocycles. The largest absolute Gasteiger partial charge is 0.417 e. The second-order valence-electron chi connectivity index (χ2n) is 4.91. The maximum absolute atomic E-state index is 13.9. The number of rotatable bonds is 3. The molecule has 20 heavy (non-hydrogen) atoms. The van der Waals surface area contributed by atoms with Crippen molar-refractivity contribution in [2.75, 3.05) is 24.5 Å². The van der Waals surface area contributed by atoms with Crippen molar-refractivity contribution >= 4 is 5.82 Å².